The molecule has 0 bridgehead atoms. The molecule has 1 aromatic heterocycles. The van der Waals surface area contributed by atoms with Gasteiger partial charge in [0.1, 0.15) is 11.6 Å². The second-order valence-corrected chi connectivity index (χ2v) is 7.49. The quantitative estimate of drug-likeness (QED) is 0.558. The molecule has 1 aliphatic heterocycles. The largest absolute Gasteiger partial charge is 0.496 e. The molecular formula is C23H33N5O2. The monoisotopic (exact) mass is 411 g/mol. The average molecular weight is 412 g/mol. The molecule has 1 saturated heterocycles. The number of aromatic nitrogens is 1. The molecule has 1 fully saturated rings. The maximum absolute atomic E-state index is 5.61. The first kappa shape index (κ1) is 21.9. The number of aliphatic imine (C=N–C) groups is 1. The number of methoxy groups -OCH3 is 1. The molecule has 1 aliphatic rings. The highest BCUT2D eigenvalue weighted by molar-refractivity contribution is 5.79. The van der Waals surface area contributed by atoms with E-state index in [-0.39, 0.29) is 6.10 Å². The van der Waals surface area contributed by atoms with Crippen molar-refractivity contribution in [2.75, 3.05) is 45.3 Å². The Bertz CT molecular complexity index is 825. The van der Waals surface area contributed by atoms with E-state index in [1.807, 2.05) is 31.4 Å². The van der Waals surface area contributed by atoms with Crippen molar-refractivity contribution in [3.8, 4) is 5.75 Å². The predicted octanol–water partition coefficient (Wildman–Crippen LogP) is 2.91. The number of pyridine rings is 1. The molecule has 1 unspecified atom stereocenters. The molecule has 0 saturated carbocycles. The van der Waals surface area contributed by atoms with Gasteiger partial charge in [-0.25, -0.2) is 9.98 Å². The number of guanidine groups is 1. The molecule has 3 rings (SSSR count). The number of nitrogens with zero attached hydrogens (tertiary/aromatic N) is 4. The van der Waals surface area contributed by atoms with Crippen LogP contribution in [0.2, 0.25) is 0 Å². The van der Waals surface area contributed by atoms with Gasteiger partial charge in [-0.15, -0.1) is 0 Å². The first-order valence-electron chi connectivity index (χ1n) is 10.5. The number of ether oxygens (including phenoxy) is 2. The van der Waals surface area contributed by atoms with Crippen LogP contribution in [0.4, 0.5) is 5.82 Å². The molecule has 0 amide bonds. The van der Waals surface area contributed by atoms with E-state index in [4.69, 9.17) is 14.5 Å². The van der Waals surface area contributed by atoms with Crippen LogP contribution in [0, 0.1) is 0 Å². The van der Waals surface area contributed by atoms with Crippen LogP contribution in [0.25, 0.3) is 0 Å². The highest BCUT2D eigenvalue weighted by Crippen LogP contribution is 2.19. The summed E-state index contributed by atoms with van der Waals surface area (Å²) in [5, 5.41) is 3.37. The molecule has 0 radical (unpaired) electrons. The second kappa shape index (κ2) is 10.8. The molecule has 1 atom stereocenters. The van der Waals surface area contributed by atoms with Crippen molar-refractivity contribution >= 4 is 11.8 Å². The fourth-order valence-corrected chi connectivity index (χ4v) is 3.52. The summed E-state index contributed by atoms with van der Waals surface area (Å²) in [6.07, 6.45) is 2.16. The van der Waals surface area contributed by atoms with Gasteiger partial charge in [-0.05, 0) is 31.5 Å². The minimum Gasteiger partial charge on any atom is -0.496 e. The van der Waals surface area contributed by atoms with Crippen LogP contribution in [0.3, 0.4) is 0 Å². The minimum atomic E-state index is 0.242. The SMILES string of the molecule is CCNC(=NCc1ccc(N2CCOC(C)C2)nc1)N(C)Cc1ccccc1OC. The van der Waals surface area contributed by atoms with Crippen LogP contribution in [0.5, 0.6) is 5.75 Å². The molecular weight excluding hydrogens is 378 g/mol. The molecule has 7 heteroatoms. The summed E-state index contributed by atoms with van der Waals surface area (Å²) in [7, 11) is 3.74. The number of anilines is 1. The van der Waals surface area contributed by atoms with Crippen LogP contribution in [-0.2, 0) is 17.8 Å². The molecule has 30 heavy (non-hydrogen) atoms. The molecule has 2 aromatic rings. The van der Waals surface area contributed by atoms with Gasteiger partial charge in [0.2, 0.25) is 0 Å². The van der Waals surface area contributed by atoms with E-state index < -0.39 is 0 Å². The number of rotatable bonds is 7. The number of para-hydroxylation sites is 1. The van der Waals surface area contributed by atoms with E-state index in [0.29, 0.717) is 13.1 Å². The Hall–Kier alpha value is -2.80. The lowest BCUT2D eigenvalue weighted by molar-refractivity contribution is 0.0529. The van der Waals surface area contributed by atoms with Gasteiger partial charge in [-0.2, -0.15) is 0 Å². The van der Waals surface area contributed by atoms with E-state index in [0.717, 1.165) is 54.9 Å². The van der Waals surface area contributed by atoms with Crippen LogP contribution < -0.4 is 15.0 Å². The lowest BCUT2D eigenvalue weighted by Gasteiger charge is -2.32. The van der Waals surface area contributed by atoms with Crippen molar-refractivity contribution < 1.29 is 9.47 Å². The standard InChI is InChI=1S/C23H33N5O2/c1-5-24-23(27(3)17-20-8-6-7-9-21(20)29-4)26-15-19-10-11-22(25-14-19)28-12-13-30-18(2)16-28/h6-11,14,18H,5,12-13,15-17H2,1-4H3,(H,24,26). The van der Waals surface area contributed by atoms with Gasteiger partial charge in [0.15, 0.2) is 5.96 Å². The van der Waals surface area contributed by atoms with Crippen LogP contribution in [0.15, 0.2) is 47.6 Å². The van der Waals surface area contributed by atoms with Crippen molar-refractivity contribution in [2.45, 2.75) is 33.0 Å². The Morgan fingerprint density at radius 1 is 1.33 bits per heavy atom. The van der Waals surface area contributed by atoms with Gasteiger partial charge in [0, 0.05) is 45.0 Å². The molecule has 162 valence electrons. The summed E-state index contributed by atoms with van der Waals surface area (Å²) in [6, 6.07) is 12.3. The molecule has 0 aliphatic carbocycles. The molecule has 0 spiro atoms. The van der Waals surface area contributed by atoms with Gasteiger partial charge in [-0.1, -0.05) is 24.3 Å². The van der Waals surface area contributed by atoms with Gasteiger partial charge in [0.25, 0.3) is 0 Å². The maximum atomic E-state index is 5.61. The minimum absolute atomic E-state index is 0.242. The molecule has 1 aromatic carbocycles. The highest BCUT2D eigenvalue weighted by atomic mass is 16.5. The van der Waals surface area contributed by atoms with Crippen molar-refractivity contribution in [3.63, 3.8) is 0 Å². The third kappa shape index (κ3) is 5.86. The fourth-order valence-electron chi connectivity index (χ4n) is 3.52. The van der Waals surface area contributed by atoms with Crippen LogP contribution in [0.1, 0.15) is 25.0 Å². The number of morpholine rings is 1. The Balaban J connectivity index is 1.65. The van der Waals surface area contributed by atoms with Gasteiger partial charge < -0.3 is 24.6 Å². The Kier molecular flexibility index (Phi) is 7.90. The highest BCUT2D eigenvalue weighted by Gasteiger charge is 2.17. The first-order chi connectivity index (χ1) is 14.6. The van der Waals surface area contributed by atoms with E-state index in [1.165, 1.54) is 0 Å². The second-order valence-electron chi connectivity index (χ2n) is 7.49. The normalized spacial score (nSPS) is 17.0. The summed E-state index contributed by atoms with van der Waals surface area (Å²) in [4.78, 5) is 13.8. The van der Waals surface area contributed by atoms with Crippen molar-refractivity contribution in [3.05, 3.63) is 53.7 Å². The summed E-state index contributed by atoms with van der Waals surface area (Å²) >= 11 is 0. The Labute approximate surface area is 179 Å². The summed E-state index contributed by atoms with van der Waals surface area (Å²) in [5.41, 5.74) is 2.21. The zero-order chi connectivity index (χ0) is 21.3. The topological polar surface area (TPSA) is 62.2 Å². The molecule has 7 nitrogen and oxygen atoms in total. The molecule has 1 N–H and O–H groups in total. The lowest BCUT2D eigenvalue weighted by Crippen LogP contribution is -2.41. The maximum Gasteiger partial charge on any atom is 0.194 e. The van der Waals surface area contributed by atoms with E-state index in [1.54, 1.807) is 7.11 Å². The number of hydrogen-bond acceptors (Lipinski definition) is 5. The lowest BCUT2D eigenvalue weighted by atomic mass is 10.2. The van der Waals surface area contributed by atoms with E-state index >= 15 is 0 Å². The van der Waals surface area contributed by atoms with Gasteiger partial charge in [0.05, 0.1) is 26.4 Å². The van der Waals surface area contributed by atoms with Crippen molar-refractivity contribution in [1.82, 2.24) is 15.2 Å². The van der Waals surface area contributed by atoms with Crippen molar-refractivity contribution in [1.29, 1.82) is 0 Å². The van der Waals surface area contributed by atoms with Crippen molar-refractivity contribution in [2.24, 2.45) is 4.99 Å². The first-order valence-corrected chi connectivity index (χ1v) is 10.5. The third-order valence-corrected chi connectivity index (χ3v) is 5.08. The number of hydrogen-bond donors (Lipinski definition) is 1. The van der Waals surface area contributed by atoms with Gasteiger partial charge >= 0.3 is 0 Å². The zero-order valence-electron chi connectivity index (χ0n) is 18.5. The van der Waals surface area contributed by atoms with Crippen LogP contribution >= 0.6 is 0 Å². The number of benzene rings is 1. The molecule has 2 heterocycles. The van der Waals surface area contributed by atoms with Crippen LogP contribution in [-0.4, -0.2) is 62.3 Å². The smallest absolute Gasteiger partial charge is 0.194 e. The predicted molar refractivity (Wildman–Crippen MR) is 121 cm³/mol. The van der Waals surface area contributed by atoms with E-state index in [9.17, 15) is 0 Å². The Morgan fingerprint density at radius 3 is 2.87 bits per heavy atom. The van der Waals surface area contributed by atoms with Gasteiger partial charge in [-0.3, -0.25) is 0 Å². The number of nitrogens with one attached hydrogen (secondary N) is 1. The Morgan fingerprint density at radius 2 is 2.17 bits per heavy atom. The summed E-state index contributed by atoms with van der Waals surface area (Å²) in [5.74, 6) is 2.74. The fraction of sp³-hybridized carbons (Fsp3) is 0.478. The third-order valence-electron chi connectivity index (χ3n) is 5.08. The summed E-state index contributed by atoms with van der Waals surface area (Å²) in [6.45, 7) is 8.77. The summed E-state index contributed by atoms with van der Waals surface area (Å²) < 4.78 is 11.1. The zero-order valence-corrected chi connectivity index (χ0v) is 18.5. The van der Waals surface area contributed by atoms with E-state index in [2.05, 4.69) is 52.1 Å². The average Bonchev–Trinajstić information content (AvgIpc) is 2.77.